The number of fused-ring (bicyclic) bond motifs is 1. The molecule has 7 nitrogen and oxygen atoms in total. The SMILES string of the molecule is COc1ccc(S(=O)(=O)Nc2ccc(-c3nc4c(Cl)cccc4[nH]3)cc2)cc1OC. The molecule has 2 N–H and O–H groups in total. The molecule has 0 saturated heterocycles. The maximum atomic E-state index is 12.7. The molecule has 1 aromatic heterocycles. The number of nitrogens with zero attached hydrogens (tertiary/aromatic N) is 1. The van der Waals surface area contributed by atoms with E-state index in [2.05, 4.69) is 14.7 Å². The van der Waals surface area contributed by atoms with Crippen LogP contribution in [0, 0.1) is 0 Å². The summed E-state index contributed by atoms with van der Waals surface area (Å²) >= 11 is 6.18. The van der Waals surface area contributed by atoms with E-state index in [0.717, 1.165) is 11.1 Å². The molecule has 0 aliphatic carbocycles. The zero-order valence-corrected chi connectivity index (χ0v) is 17.7. The van der Waals surface area contributed by atoms with Crippen molar-refractivity contribution >= 4 is 38.3 Å². The van der Waals surface area contributed by atoms with Crippen molar-refractivity contribution in [3.63, 3.8) is 0 Å². The number of aromatic amines is 1. The minimum absolute atomic E-state index is 0.0659. The first-order chi connectivity index (χ1) is 14.4. The van der Waals surface area contributed by atoms with Crippen molar-refractivity contribution < 1.29 is 17.9 Å². The number of hydrogen-bond acceptors (Lipinski definition) is 5. The standard InChI is InChI=1S/C21H18ClN3O4S/c1-28-18-11-10-15(12-19(18)29-2)30(26,27)25-14-8-6-13(7-9-14)21-23-17-5-3-4-16(22)20(17)24-21/h3-12,25H,1-2H3,(H,23,24). The third-order valence-corrected chi connectivity index (χ3v) is 6.22. The van der Waals surface area contributed by atoms with Gasteiger partial charge in [0.15, 0.2) is 11.5 Å². The lowest BCUT2D eigenvalue weighted by Crippen LogP contribution is -2.13. The number of H-pyrrole nitrogens is 1. The van der Waals surface area contributed by atoms with Crippen LogP contribution in [0.3, 0.4) is 0 Å². The molecule has 0 amide bonds. The van der Waals surface area contributed by atoms with Crippen LogP contribution in [0.4, 0.5) is 5.69 Å². The van der Waals surface area contributed by atoms with Crippen LogP contribution in [0.1, 0.15) is 0 Å². The van der Waals surface area contributed by atoms with Gasteiger partial charge in [0, 0.05) is 17.3 Å². The molecule has 154 valence electrons. The number of benzene rings is 3. The molecular weight excluding hydrogens is 426 g/mol. The number of nitrogens with one attached hydrogen (secondary N) is 2. The highest BCUT2D eigenvalue weighted by molar-refractivity contribution is 7.92. The van der Waals surface area contributed by atoms with E-state index in [-0.39, 0.29) is 4.90 Å². The van der Waals surface area contributed by atoms with E-state index in [1.807, 2.05) is 12.1 Å². The van der Waals surface area contributed by atoms with Crippen LogP contribution < -0.4 is 14.2 Å². The Morgan fingerprint density at radius 3 is 2.37 bits per heavy atom. The maximum Gasteiger partial charge on any atom is 0.262 e. The fourth-order valence-corrected chi connectivity index (χ4v) is 4.32. The normalized spacial score (nSPS) is 11.4. The van der Waals surface area contributed by atoms with Crippen molar-refractivity contribution in [1.82, 2.24) is 9.97 Å². The first kappa shape index (κ1) is 20.1. The lowest BCUT2D eigenvalue weighted by molar-refractivity contribution is 0.354. The third kappa shape index (κ3) is 3.79. The lowest BCUT2D eigenvalue weighted by atomic mass is 10.2. The van der Waals surface area contributed by atoms with Gasteiger partial charge in [0.1, 0.15) is 11.3 Å². The molecule has 0 aliphatic rings. The van der Waals surface area contributed by atoms with Crippen molar-refractivity contribution in [2.45, 2.75) is 4.90 Å². The molecule has 30 heavy (non-hydrogen) atoms. The number of hydrogen-bond donors (Lipinski definition) is 2. The average molecular weight is 444 g/mol. The molecule has 0 atom stereocenters. The Balaban J connectivity index is 1.59. The van der Waals surface area contributed by atoms with Gasteiger partial charge in [-0.3, -0.25) is 4.72 Å². The smallest absolute Gasteiger partial charge is 0.262 e. The van der Waals surface area contributed by atoms with Crippen molar-refractivity contribution in [3.8, 4) is 22.9 Å². The molecule has 4 rings (SSSR count). The summed E-state index contributed by atoms with van der Waals surface area (Å²) in [5.41, 5.74) is 2.74. The highest BCUT2D eigenvalue weighted by Gasteiger charge is 2.17. The Labute approximate surface area is 178 Å². The number of aromatic nitrogens is 2. The summed E-state index contributed by atoms with van der Waals surface area (Å²) in [6.07, 6.45) is 0. The summed E-state index contributed by atoms with van der Waals surface area (Å²) in [5.74, 6) is 1.43. The van der Waals surface area contributed by atoms with E-state index in [1.54, 1.807) is 36.4 Å². The second kappa shape index (κ2) is 7.89. The molecule has 0 spiro atoms. The number of ether oxygens (including phenoxy) is 2. The first-order valence-electron chi connectivity index (χ1n) is 8.91. The highest BCUT2D eigenvalue weighted by atomic mass is 35.5. The average Bonchev–Trinajstić information content (AvgIpc) is 3.19. The molecule has 0 radical (unpaired) electrons. The van der Waals surface area contributed by atoms with Gasteiger partial charge in [0.25, 0.3) is 10.0 Å². The quantitative estimate of drug-likeness (QED) is 0.450. The molecule has 3 aromatic carbocycles. The van der Waals surface area contributed by atoms with Gasteiger partial charge in [-0.2, -0.15) is 0 Å². The minimum Gasteiger partial charge on any atom is -0.493 e. The van der Waals surface area contributed by atoms with Crippen LogP contribution in [0.5, 0.6) is 11.5 Å². The fourth-order valence-electron chi connectivity index (χ4n) is 3.03. The van der Waals surface area contributed by atoms with Gasteiger partial charge in [-0.05, 0) is 48.5 Å². The largest absolute Gasteiger partial charge is 0.493 e. The summed E-state index contributed by atoms with van der Waals surface area (Å²) in [5, 5.41) is 0.564. The van der Waals surface area contributed by atoms with Gasteiger partial charge in [-0.15, -0.1) is 0 Å². The number of anilines is 1. The summed E-state index contributed by atoms with van der Waals surface area (Å²) < 4.78 is 38.4. The minimum atomic E-state index is -3.80. The molecule has 9 heteroatoms. The summed E-state index contributed by atoms with van der Waals surface area (Å²) in [7, 11) is -0.863. The predicted molar refractivity (Wildman–Crippen MR) is 117 cm³/mol. The monoisotopic (exact) mass is 443 g/mol. The maximum absolute atomic E-state index is 12.7. The van der Waals surface area contributed by atoms with E-state index < -0.39 is 10.0 Å². The Hall–Kier alpha value is -3.23. The third-order valence-electron chi connectivity index (χ3n) is 4.54. The molecule has 1 heterocycles. The van der Waals surface area contributed by atoms with E-state index in [1.165, 1.54) is 26.4 Å². The van der Waals surface area contributed by atoms with Crippen molar-refractivity contribution in [1.29, 1.82) is 0 Å². The van der Waals surface area contributed by atoms with Gasteiger partial charge in [-0.25, -0.2) is 13.4 Å². The Kier molecular flexibility index (Phi) is 5.27. The van der Waals surface area contributed by atoms with Crippen molar-refractivity contribution in [3.05, 3.63) is 65.7 Å². The number of halogens is 1. The summed E-state index contributed by atoms with van der Waals surface area (Å²) in [6, 6.07) is 16.8. The fraction of sp³-hybridized carbons (Fsp3) is 0.0952. The number of sulfonamides is 1. The zero-order chi connectivity index (χ0) is 21.3. The Morgan fingerprint density at radius 2 is 1.70 bits per heavy atom. The van der Waals surface area contributed by atoms with E-state index in [0.29, 0.717) is 33.6 Å². The lowest BCUT2D eigenvalue weighted by Gasteiger charge is -2.12. The Morgan fingerprint density at radius 1 is 0.967 bits per heavy atom. The highest BCUT2D eigenvalue weighted by Crippen LogP contribution is 2.31. The second-order valence-corrected chi connectivity index (χ2v) is 8.51. The molecule has 0 aliphatic heterocycles. The Bertz CT molecular complexity index is 1320. The van der Waals surface area contributed by atoms with Gasteiger partial charge < -0.3 is 14.5 Å². The number of rotatable bonds is 6. The van der Waals surface area contributed by atoms with Gasteiger partial charge in [0.05, 0.1) is 29.7 Å². The van der Waals surface area contributed by atoms with Crippen molar-refractivity contribution in [2.75, 3.05) is 18.9 Å². The predicted octanol–water partition coefficient (Wildman–Crippen LogP) is 4.70. The molecular formula is C21H18ClN3O4S. The second-order valence-electron chi connectivity index (χ2n) is 6.42. The molecule has 0 fully saturated rings. The molecule has 0 saturated carbocycles. The zero-order valence-electron chi connectivity index (χ0n) is 16.1. The molecule has 0 bridgehead atoms. The summed E-state index contributed by atoms with van der Waals surface area (Å²) in [4.78, 5) is 7.79. The first-order valence-corrected chi connectivity index (χ1v) is 10.8. The van der Waals surface area contributed by atoms with E-state index >= 15 is 0 Å². The van der Waals surface area contributed by atoms with Crippen molar-refractivity contribution in [2.24, 2.45) is 0 Å². The van der Waals surface area contributed by atoms with Crippen LogP contribution in [-0.2, 0) is 10.0 Å². The van der Waals surface area contributed by atoms with Crippen LogP contribution in [0.15, 0.2) is 65.6 Å². The van der Waals surface area contributed by atoms with Gasteiger partial charge in [0.2, 0.25) is 0 Å². The van der Waals surface area contributed by atoms with E-state index in [4.69, 9.17) is 21.1 Å². The number of methoxy groups -OCH3 is 2. The summed E-state index contributed by atoms with van der Waals surface area (Å²) in [6.45, 7) is 0. The number of imidazole rings is 1. The van der Waals surface area contributed by atoms with Crippen LogP contribution >= 0.6 is 11.6 Å². The van der Waals surface area contributed by atoms with Gasteiger partial charge >= 0.3 is 0 Å². The topological polar surface area (TPSA) is 93.3 Å². The molecule has 4 aromatic rings. The van der Waals surface area contributed by atoms with E-state index in [9.17, 15) is 8.42 Å². The number of para-hydroxylation sites is 1. The van der Waals surface area contributed by atoms with Crippen LogP contribution in [0.25, 0.3) is 22.4 Å². The van der Waals surface area contributed by atoms with Crippen LogP contribution in [-0.4, -0.2) is 32.6 Å². The molecule has 0 unspecified atom stereocenters. The van der Waals surface area contributed by atoms with Crippen LogP contribution in [0.2, 0.25) is 5.02 Å². The van der Waals surface area contributed by atoms with Gasteiger partial charge in [-0.1, -0.05) is 17.7 Å².